The summed E-state index contributed by atoms with van der Waals surface area (Å²) in [6.45, 7) is 1.96. The van der Waals surface area contributed by atoms with E-state index in [0.29, 0.717) is 16.3 Å². The van der Waals surface area contributed by atoms with Gasteiger partial charge in [0.15, 0.2) is 5.82 Å². The summed E-state index contributed by atoms with van der Waals surface area (Å²) in [5.74, 6) is -3.02. The summed E-state index contributed by atoms with van der Waals surface area (Å²) in [4.78, 5) is 32.0. The van der Waals surface area contributed by atoms with Crippen molar-refractivity contribution < 1.29 is 18.4 Å². The first-order chi connectivity index (χ1) is 19.7. The molecule has 0 atom stereocenters. The number of halogens is 5. The third-order valence-electron chi connectivity index (χ3n) is 6.27. The van der Waals surface area contributed by atoms with Crippen molar-refractivity contribution in [3.05, 3.63) is 116 Å². The van der Waals surface area contributed by atoms with Gasteiger partial charge in [-0.25, -0.2) is 13.8 Å². The fourth-order valence-electron chi connectivity index (χ4n) is 4.27. The van der Waals surface area contributed by atoms with E-state index in [0.717, 1.165) is 22.6 Å². The van der Waals surface area contributed by atoms with Crippen LogP contribution < -0.4 is 4.72 Å². The molecule has 5 nitrogen and oxygen atoms in total. The molecule has 0 unspecified atom stereocenters. The quantitative estimate of drug-likeness (QED) is 0.105. The lowest BCUT2D eigenvalue weighted by atomic mass is 10.00. The number of fused-ring (bicyclic) bond motifs is 1. The van der Waals surface area contributed by atoms with Crippen LogP contribution in [0.3, 0.4) is 0 Å². The zero-order chi connectivity index (χ0) is 29.3. The second-order valence-corrected chi connectivity index (χ2v) is 11.1. The molecule has 0 saturated heterocycles. The van der Waals surface area contributed by atoms with Crippen LogP contribution >= 0.6 is 46.8 Å². The first-order valence-corrected chi connectivity index (χ1v) is 14.5. The number of hydrogen-bond donors (Lipinski definition) is 1. The van der Waals surface area contributed by atoms with Gasteiger partial charge in [0.05, 0.1) is 32.4 Å². The maximum Gasteiger partial charge on any atom is 0.266 e. The van der Waals surface area contributed by atoms with Gasteiger partial charge in [0.1, 0.15) is 11.5 Å². The standard InChI is InChI=1S/C30H20Cl3F2N3O2S/c1-2-12-41-37-24-11-10-23(34)26(27(24)35)28(39)20-15-38(30(40)25-21(32)4-3-5-22(25)33)29-19(20)13-17(14-36-29)16-6-8-18(31)9-7-16/h3-11,13-15,37H,2,12H2,1H3. The van der Waals surface area contributed by atoms with E-state index < -0.39 is 28.9 Å². The average molecular weight is 631 g/mol. The molecule has 1 N–H and O–H groups in total. The lowest BCUT2D eigenvalue weighted by molar-refractivity contribution is 0.0964. The molecule has 0 aliphatic heterocycles. The fourth-order valence-corrected chi connectivity index (χ4v) is 5.58. The molecule has 0 spiro atoms. The predicted molar refractivity (Wildman–Crippen MR) is 163 cm³/mol. The smallest absolute Gasteiger partial charge is 0.266 e. The van der Waals surface area contributed by atoms with E-state index in [1.165, 1.54) is 42.5 Å². The maximum atomic E-state index is 15.5. The van der Waals surface area contributed by atoms with Crippen LogP contribution in [0, 0.1) is 11.6 Å². The van der Waals surface area contributed by atoms with Crippen molar-refractivity contribution in [2.75, 3.05) is 10.5 Å². The van der Waals surface area contributed by atoms with Crippen LogP contribution in [0.1, 0.15) is 39.6 Å². The summed E-state index contributed by atoms with van der Waals surface area (Å²) >= 11 is 19.9. The minimum Gasteiger partial charge on any atom is -0.327 e. The number of hydrogen-bond acceptors (Lipinski definition) is 5. The van der Waals surface area contributed by atoms with Gasteiger partial charge in [-0.15, -0.1) is 0 Å². The molecule has 0 aliphatic rings. The van der Waals surface area contributed by atoms with E-state index >= 15 is 8.78 Å². The van der Waals surface area contributed by atoms with Crippen LogP contribution in [0.2, 0.25) is 15.1 Å². The third kappa shape index (κ3) is 5.70. The van der Waals surface area contributed by atoms with Gasteiger partial charge in [-0.1, -0.05) is 71.9 Å². The summed E-state index contributed by atoms with van der Waals surface area (Å²) in [5.41, 5.74) is 0.481. The lowest BCUT2D eigenvalue weighted by Crippen LogP contribution is -2.13. The number of benzene rings is 3. The highest BCUT2D eigenvalue weighted by Gasteiger charge is 2.28. The van der Waals surface area contributed by atoms with Crippen molar-refractivity contribution in [2.24, 2.45) is 0 Å². The number of rotatable bonds is 8. The van der Waals surface area contributed by atoms with E-state index in [1.54, 1.807) is 36.4 Å². The van der Waals surface area contributed by atoms with Gasteiger partial charge in [0.25, 0.3) is 5.91 Å². The van der Waals surface area contributed by atoms with Crippen molar-refractivity contribution in [3.8, 4) is 11.1 Å². The monoisotopic (exact) mass is 629 g/mol. The van der Waals surface area contributed by atoms with Crippen LogP contribution in [-0.2, 0) is 0 Å². The molecule has 3 aromatic carbocycles. The van der Waals surface area contributed by atoms with Crippen molar-refractivity contribution in [1.29, 1.82) is 0 Å². The largest absolute Gasteiger partial charge is 0.327 e. The van der Waals surface area contributed by atoms with Crippen LogP contribution in [0.5, 0.6) is 0 Å². The Morgan fingerprint density at radius 1 is 0.951 bits per heavy atom. The maximum absolute atomic E-state index is 15.5. The number of ketones is 1. The molecule has 2 heterocycles. The van der Waals surface area contributed by atoms with E-state index in [9.17, 15) is 9.59 Å². The van der Waals surface area contributed by atoms with Crippen molar-refractivity contribution in [1.82, 2.24) is 9.55 Å². The normalized spacial score (nSPS) is 11.2. The number of nitrogens with one attached hydrogen (secondary N) is 1. The Kier molecular flexibility index (Phi) is 8.66. The number of carbonyl (C=O) groups is 2. The molecule has 0 aliphatic carbocycles. The Bertz CT molecular complexity index is 1790. The highest BCUT2D eigenvalue weighted by atomic mass is 35.5. The summed E-state index contributed by atoms with van der Waals surface area (Å²) in [6, 6.07) is 15.4. The Labute approximate surface area is 253 Å². The van der Waals surface area contributed by atoms with Crippen LogP contribution in [0.25, 0.3) is 22.2 Å². The highest BCUT2D eigenvalue weighted by molar-refractivity contribution is 8.00. The topological polar surface area (TPSA) is 64.0 Å². The van der Waals surface area contributed by atoms with Crippen LogP contribution in [0.4, 0.5) is 14.5 Å². The molecule has 208 valence electrons. The molecule has 0 amide bonds. The van der Waals surface area contributed by atoms with Gasteiger partial charge in [0, 0.05) is 34.1 Å². The predicted octanol–water partition coefficient (Wildman–Crippen LogP) is 9.33. The summed E-state index contributed by atoms with van der Waals surface area (Å²) in [7, 11) is 0. The number of anilines is 1. The number of pyridine rings is 1. The molecule has 2 aromatic heterocycles. The van der Waals surface area contributed by atoms with Gasteiger partial charge >= 0.3 is 0 Å². The number of nitrogens with zero attached hydrogens (tertiary/aromatic N) is 2. The molecular formula is C30H20Cl3F2N3O2S. The lowest BCUT2D eigenvalue weighted by Gasteiger charge is -2.10. The van der Waals surface area contributed by atoms with Crippen LogP contribution in [-0.4, -0.2) is 27.0 Å². The van der Waals surface area contributed by atoms with Crippen molar-refractivity contribution in [3.63, 3.8) is 0 Å². The molecule has 0 saturated carbocycles. The van der Waals surface area contributed by atoms with Gasteiger partial charge in [0.2, 0.25) is 5.78 Å². The Morgan fingerprint density at radius 2 is 1.66 bits per heavy atom. The fraction of sp³-hybridized carbons (Fsp3) is 0.100. The average Bonchev–Trinajstić information content (AvgIpc) is 3.33. The summed E-state index contributed by atoms with van der Waals surface area (Å²) in [6.07, 6.45) is 3.56. The van der Waals surface area contributed by atoms with Gasteiger partial charge in [-0.3, -0.25) is 14.2 Å². The van der Waals surface area contributed by atoms with E-state index in [4.69, 9.17) is 34.8 Å². The van der Waals surface area contributed by atoms with Gasteiger partial charge in [-0.05, 0) is 54.4 Å². The first-order valence-electron chi connectivity index (χ1n) is 12.4. The molecule has 41 heavy (non-hydrogen) atoms. The zero-order valence-corrected chi connectivity index (χ0v) is 24.4. The molecule has 0 bridgehead atoms. The van der Waals surface area contributed by atoms with Gasteiger partial charge < -0.3 is 4.72 Å². The number of carbonyl (C=O) groups excluding carboxylic acids is 2. The van der Waals surface area contributed by atoms with Crippen LogP contribution in [0.15, 0.2) is 73.1 Å². The number of aromatic nitrogens is 2. The highest BCUT2D eigenvalue weighted by Crippen LogP contribution is 2.33. The summed E-state index contributed by atoms with van der Waals surface area (Å²) in [5, 5.41) is 0.922. The zero-order valence-electron chi connectivity index (χ0n) is 21.4. The SMILES string of the molecule is CCCSNc1ccc(F)c(C(=O)c2cn(C(=O)c3c(Cl)cccc3Cl)c3ncc(-c4ccc(Cl)cc4)cc23)c1F. The molecule has 11 heteroatoms. The second kappa shape index (κ2) is 12.2. The first kappa shape index (κ1) is 29.1. The molecular weight excluding hydrogens is 611 g/mol. The Balaban J connectivity index is 1.71. The molecule has 5 aromatic rings. The Hall–Kier alpha value is -3.43. The van der Waals surface area contributed by atoms with E-state index in [1.807, 2.05) is 6.92 Å². The van der Waals surface area contributed by atoms with Crippen molar-refractivity contribution in [2.45, 2.75) is 13.3 Å². The van der Waals surface area contributed by atoms with Gasteiger partial charge in [-0.2, -0.15) is 0 Å². The second-order valence-electron chi connectivity index (χ2n) is 8.98. The third-order valence-corrected chi connectivity index (χ3v) is 8.13. The Morgan fingerprint density at radius 3 is 2.34 bits per heavy atom. The molecule has 0 radical (unpaired) electrons. The minimum atomic E-state index is -1.04. The van der Waals surface area contributed by atoms with E-state index in [2.05, 4.69) is 9.71 Å². The van der Waals surface area contributed by atoms with Crippen molar-refractivity contribution >= 4 is 75.2 Å². The summed E-state index contributed by atoms with van der Waals surface area (Å²) < 4.78 is 34.5. The molecule has 0 fully saturated rings. The van der Waals surface area contributed by atoms with E-state index in [-0.39, 0.29) is 37.9 Å². The molecule has 5 rings (SSSR count). The minimum absolute atomic E-state index is 0.00758.